The summed E-state index contributed by atoms with van der Waals surface area (Å²) >= 11 is 0. The van der Waals surface area contributed by atoms with Crippen molar-refractivity contribution in [2.24, 2.45) is 0 Å². The minimum atomic E-state index is -1.24. The average molecular weight is 192 g/mol. The van der Waals surface area contributed by atoms with Crippen LogP contribution in [0.3, 0.4) is 0 Å². The molecule has 3 N–H and O–H groups in total. The lowest BCUT2D eigenvalue weighted by Gasteiger charge is -2.44. The molecule has 0 saturated carbocycles. The highest BCUT2D eigenvalue weighted by atomic mass is 16.7. The van der Waals surface area contributed by atoms with Crippen LogP contribution in [0, 0.1) is 0 Å². The Hall–Kier alpha value is -0.200. The highest BCUT2D eigenvalue weighted by molar-refractivity contribution is 4.94. The van der Waals surface area contributed by atoms with E-state index in [1.165, 1.54) is 7.11 Å². The summed E-state index contributed by atoms with van der Waals surface area (Å²) in [5.74, 6) is 0. The maximum absolute atomic E-state index is 9.50. The van der Waals surface area contributed by atoms with Gasteiger partial charge in [-0.2, -0.15) is 0 Å². The van der Waals surface area contributed by atoms with Crippen molar-refractivity contribution in [3.05, 3.63) is 0 Å². The van der Waals surface area contributed by atoms with Gasteiger partial charge < -0.3 is 24.8 Å². The van der Waals surface area contributed by atoms with E-state index in [0.29, 0.717) is 0 Å². The fraction of sp³-hybridized carbons (Fsp3) is 1.00. The van der Waals surface area contributed by atoms with Crippen molar-refractivity contribution >= 4 is 0 Å². The molecule has 0 bridgehead atoms. The van der Waals surface area contributed by atoms with Gasteiger partial charge in [-0.15, -0.1) is 0 Å². The Balaban J connectivity index is 2.79. The van der Waals surface area contributed by atoms with Gasteiger partial charge in [0.05, 0.1) is 5.60 Å². The van der Waals surface area contributed by atoms with Gasteiger partial charge in [0.25, 0.3) is 0 Å². The standard InChI is InChI=1S/C8H16O5/c1-8(2)6(11)4(9)5(10)7(12-3)13-8/h4-7,9-11H,1-3H3/t4-,5-,6+,7-/m1/s1. The Morgan fingerprint density at radius 1 is 1.15 bits per heavy atom. The second-order valence-electron chi connectivity index (χ2n) is 3.75. The maximum atomic E-state index is 9.50. The summed E-state index contributed by atoms with van der Waals surface area (Å²) in [6.45, 7) is 3.25. The smallest absolute Gasteiger partial charge is 0.186 e. The molecule has 1 heterocycles. The van der Waals surface area contributed by atoms with Crippen LogP contribution < -0.4 is 0 Å². The van der Waals surface area contributed by atoms with Crippen molar-refractivity contribution < 1.29 is 24.8 Å². The third-order valence-electron chi connectivity index (χ3n) is 2.32. The van der Waals surface area contributed by atoms with E-state index in [4.69, 9.17) is 9.47 Å². The van der Waals surface area contributed by atoms with Crippen LogP contribution in [-0.2, 0) is 9.47 Å². The van der Waals surface area contributed by atoms with Crippen LogP contribution in [0.5, 0.6) is 0 Å². The zero-order chi connectivity index (χ0) is 10.2. The zero-order valence-electron chi connectivity index (χ0n) is 7.97. The third-order valence-corrected chi connectivity index (χ3v) is 2.32. The predicted octanol–water partition coefficient (Wildman–Crippen LogP) is -1.15. The molecule has 0 aromatic carbocycles. The molecule has 0 aliphatic carbocycles. The van der Waals surface area contributed by atoms with Gasteiger partial charge in [-0.05, 0) is 13.8 Å². The minimum Gasteiger partial charge on any atom is -0.387 e. The van der Waals surface area contributed by atoms with E-state index in [1.807, 2.05) is 0 Å². The number of ether oxygens (including phenoxy) is 2. The summed E-state index contributed by atoms with van der Waals surface area (Å²) in [4.78, 5) is 0. The summed E-state index contributed by atoms with van der Waals surface area (Å²) in [7, 11) is 1.37. The molecule has 0 amide bonds. The predicted molar refractivity (Wildman–Crippen MR) is 44.0 cm³/mol. The number of hydrogen-bond acceptors (Lipinski definition) is 5. The molecule has 1 rings (SSSR count). The molecule has 1 aliphatic heterocycles. The number of rotatable bonds is 1. The van der Waals surface area contributed by atoms with E-state index in [0.717, 1.165) is 0 Å². The number of hydrogen-bond donors (Lipinski definition) is 3. The molecule has 0 spiro atoms. The first-order chi connectivity index (χ1) is 5.90. The van der Waals surface area contributed by atoms with Crippen LogP contribution in [0.25, 0.3) is 0 Å². The molecule has 0 unspecified atom stereocenters. The maximum Gasteiger partial charge on any atom is 0.186 e. The summed E-state index contributed by atoms with van der Waals surface area (Å²) in [5.41, 5.74) is -0.917. The van der Waals surface area contributed by atoms with E-state index in [2.05, 4.69) is 0 Å². The first kappa shape index (κ1) is 10.9. The van der Waals surface area contributed by atoms with Gasteiger partial charge in [-0.1, -0.05) is 0 Å². The highest BCUT2D eigenvalue weighted by Gasteiger charge is 2.48. The van der Waals surface area contributed by atoms with Gasteiger partial charge in [-0.25, -0.2) is 0 Å². The third kappa shape index (κ3) is 1.84. The van der Waals surface area contributed by atoms with Crippen molar-refractivity contribution in [1.29, 1.82) is 0 Å². The SMILES string of the molecule is CO[C@@H]1OC(C)(C)[C@@H](O)[C@H](O)[C@H]1O. The summed E-state index contributed by atoms with van der Waals surface area (Å²) in [6.07, 6.45) is -4.47. The molecule has 1 aliphatic rings. The largest absolute Gasteiger partial charge is 0.387 e. The molecule has 0 radical (unpaired) electrons. The lowest BCUT2D eigenvalue weighted by Crippen LogP contribution is -2.62. The lowest BCUT2D eigenvalue weighted by molar-refractivity contribution is -0.317. The Morgan fingerprint density at radius 2 is 1.69 bits per heavy atom. The van der Waals surface area contributed by atoms with Crippen molar-refractivity contribution in [3.63, 3.8) is 0 Å². The van der Waals surface area contributed by atoms with Crippen LogP contribution >= 0.6 is 0 Å². The fourth-order valence-electron chi connectivity index (χ4n) is 1.39. The van der Waals surface area contributed by atoms with Crippen LogP contribution in [-0.4, -0.2) is 52.6 Å². The molecule has 5 nitrogen and oxygen atoms in total. The van der Waals surface area contributed by atoms with Crippen molar-refractivity contribution in [2.45, 2.75) is 44.1 Å². The monoisotopic (exact) mass is 192 g/mol. The van der Waals surface area contributed by atoms with Gasteiger partial charge in [0.15, 0.2) is 6.29 Å². The molecule has 5 heteroatoms. The average Bonchev–Trinajstić information content (AvgIpc) is 2.08. The Labute approximate surface area is 76.9 Å². The van der Waals surface area contributed by atoms with Crippen LogP contribution in [0.1, 0.15) is 13.8 Å². The van der Waals surface area contributed by atoms with Crippen molar-refractivity contribution in [3.8, 4) is 0 Å². The summed E-state index contributed by atoms with van der Waals surface area (Å²) < 4.78 is 10.1. The highest BCUT2D eigenvalue weighted by Crippen LogP contribution is 2.29. The van der Waals surface area contributed by atoms with Gasteiger partial charge in [0.1, 0.15) is 18.3 Å². The van der Waals surface area contributed by atoms with Gasteiger partial charge >= 0.3 is 0 Å². The van der Waals surface area contributed by atoms with Crippen LogP contribution in [0.4, 0.5) is 0 Å². The molecule has 0 aromatic heterocycles. The summed E-state index contributed by atoms with van der Waals surface area (Å²) in [5, 5.41) is 28.3. The van der Waals surface area contributed by atoms with Crippen LogP contribution in [0.15, 0.2) is 0 Å². The lowest BCUT2D eigenvalue weighted by atomic mass is 9.90. The number of aliphatic hydroxyl groups excluding tert-OH is 3. The first-order valence-electron chi connectivity index (χ1n) is 4.15. The second-order valence-corrected chi connectivity index (χ2v) is 3.75. The molecule has 13 heavy (non-hydrogen) atoms. The molecule has 1 fully saturated rings. The number of aliphatic hydroxyl groups is 3. The van der Waals surface area contributed by atoms with Crippen LogP contribution in [0.2, 0.25) is 0 Å². The number of methoxy groups -OCH3 is 1. The van der Waals surface area contributed by atoms with Gasteiger partial charge in [0.2, 0.25) is 0 Å². The van der Waals surface area contributed by atoms with E-state index in [-0.39, 0.29) is 0 Å². The molecule has 78 valence electrons. The van der Waals surface area contributed by atoms with Gasteiger partial charge in [-0.3, -0.25) is 0 Å². The van der Waals surface area contributed by atoms with E-state index in [9.17, 15) is 15.3 Å². The Kier molecular flexibility index (Phi) is 2.94. The molecular weight excluding hydrogens is 176 g/mol. The van der Waals surface area contributed by atoms with Crippen molar-refractivity contribution in [1.82, 2.24) is 0 Å². The molecule has 0 aromatic rings. The molecular formula is C8H16O5. The Morgan fingerprint density at radius 3 is 2.15 bits per heavy atom. The minimum absolute atomic E-state index is 0.895. The van der Waals surface area contributed by atoms with E-state index >= 15 is 0 Å². The first-order valence-corrected chi connectivity index (χ1v) is 4.15. The normalized spacial score (nSPS) is 44.8. The quantitative estimate of drug-likeness (QED) is 0.489. The van der Waals surface area contributed by atoms with E-state index in [1.54, 1.807) is 13.8 Å². The molecule has 1 saturated heterocycles. The van der Waals surface area contributed by atoms with Gasteiger partial charge in [0, 0.05) is 7.11 Å². The zero-order valence-corrected chi connectivity index (χ0v) is 7.97. The summed E-state index contributed by atoms with van der Waals surface area (Å²) in [6, 6.07) is 0. The molecule has 4 atom stereocenters. The topological polar surface area (TPSA) is 79.2 Å². The Bertz CT molecular complexity index is 179. The second kappa shape index (κ2) is 3.51. The fourth-order valence-corrected chi connectivity index (χ4v) is 1.39. The van der Waals surface area contributed by atoms with Crippen molar-refractivity contribution in [2.75, 3.05) is 7.11 Å². The van der Waals surface area contributed by atoms with E-state index < -0.39 is 30.2 Å².